The highest BCUT2D eigenvalue weighted by Gasteiger charge is 2.21. The van der Waals surface area contributed by atoms with Gasteiger partial charge in [0.2, 0.25) is 0 Å². The van der Waals surface area contributed by atoms with Crippen LogP contribution in [0.5, 0.6) is 0 Å². The Bertz CT molecular complexity index is 1050. The lowest BCUT2D eigenvalue weighted by Gasteiger charge is -2.08. The minimum absolute atomic E-state index is 0.447. The van der Waals surface area contributed by atoms with Gasteiger partial charge in [0.1, 0.15) is 0 Å². The van der Waals surface area contributed by atoms with Gasteiger partial charge in [0.25, 0.3) is 0 Å². The summed E-state index contributed by atoms with van der Waals surface area (Å²) < 4.78 is 1.80. The number of benzene rings is 1. The summed E-state index contributed by atoms with van der Waals surface area (Å²) in [5.41, 5.74) is 4.62. The molecule has 2 N–H and O–H groups in total. The smallest absolute Gasteiger partial charge is 0.177 e. The molecule has 1 aromatic carbocycles. The summed E-state index contributed by atoms with van der Waals surface area (Å²) in [6.45, 7) is 0.957. The molecule has 1 saturated carbocycles. The Morgan fingerprint density at radius 1 is 1.25 bits per heavy atom. The number of halogens is 1. The third-order valence-electron chi connectivity index (χ3n) is 4.45. The molecule has 4 aromatic rings. The van der Waals surface area contributed by atoms with Crippen molar-refractivity contribution in [2.24, 2.45) is 5.92 Å². The fraction of sp³-hybridized carbons (Fsp3) is 0.235. The molecule has 6 nitrogen and oxygen atoms in total. The molecule has 0 saturated heterocycles. The molecule has 5 rings (SSSR count). The van der Waals surface area contributed by atoms with Gasteiger partial charge in [-0.15, -0.1) is 0 Å². The normalized spacial score (nSPS) is 14.5. The average molecular weight is 339 g/mol. The Morgan fingerprint density at radius 2 is 2.17 bits per heavy atom. The molecule has 0 atom stereocenters. The summed E-state index contributed by atoms with van der Waals surface area (Å²) in [6.07, 6.45) is 6.24. The molecule has 0 amide bonds. The van der Waals surface area contributed by atoms with Crippen molar-refractivity contribution in [3.05, 3.63) is 41.8 Å². The van der Waals surface area contributed by atoms with Gasteiger partial charge < -0.3 is 5.32 Å². The first-order valence-electron chi connectivity index (χ1n) is 7.99. The highest BCUT2D eigenvalue weighted by Crippen LogP contribution is 2.31. The van der Waals surface area contributed by atoms with Gasteiger partial charge in [-0.1, -0.05) is 23.7 Å². The number of H-pyrrole nitrogens is 1. The van der Waals surface area contributed by atoms with Crippen molar-refractivity contribution in [2.75, 3.05) is 11.9 Å². The van der Waals surface area contributed by atoms with E-state index >= 15 is 0 Å². The molecular formula is C17H15ClN6. The van der Waals surface area contributed by atoms with E-state index in [2.05, 4.69) is 25.6 Å². The molecule has 3 aromatic heterocycles. The van der Waals surface area contributed by atoms with E-state index in [1.54, 1.807) is 4.52 Å². The van der Waals surface area contributed by atoms with Crippen molar-refractivity contribution in [3.8, 4) is 11.3 Å². The zero-order chi connectivity index (χ0) is 16.1. The molecule has 0 unspecified atom stereocenters. The monoisotopic (exact) mass is 338 g/mol. The fourth-order valence-corrected chi connectivity index (χ4v) is 3.12. The molecule has 1 aliphatic rings. The van der Waals surface area contributed by atoms with E-state index in [0.29, 0.717) is 5.15 Å². The Morgan fingerprint density at radius 3 is 3.04 bits per heavy atom. The number of nitrogens with zero attached hydrogens (tertiary/aromatic N) is 4. The van der Waals surface area contributed by atoms with Crippen LogP contribution < -0.4 is 5.32 Å². The first-order valence-corrected chi connectivity index (χ1v) is 8.37. The topological polar surface area (TPSA) is 70.9 Å². The summed E-state index contributed by atoms with van der Waals surface area (Å²) in [5, 5.41) is 16.5. The number of imidazole rings is 1. The van der Waals surface area contributed by atoms with Crippen molar-refractivity contribution in [2.45, 2.75) is 12.8 Å². The minimum atomic E-state index is 0.447. The van der Waals surface area contributed by atoms with E-state index in [-0.39, 0.29) is 0 Å². The van der Waals surface area contributed by atoms with Gasteiger partial charge in [-0.05, 0) is 24.8 Å². The third kappa shape index (κ3) is 2.30. The molecule has 0 bridgehead atoms. The number of rotatable bonds is 4. The summed E-state index contributed by atoms with van der Waals surface area (Å²) in [7, 11) is 0. The maximum atomic E-state index is 6.23. The SMILES string of the molecule is Clc1cc(NCC2CC2)c2ncc(-c3ccc4cn[nH]c4c3)n2n1. The number of hydrogen-bond donors (Lipinski definition) is 2. The predicted octanol–water partition coefficient (Wildman–Crippen LogP) is 3.75. The minimum Gasteiger partial charge on any atom is -0.382 e. The van der Waals surface area contributed by atoms with Crippen LogP contribution in [-0.2, 0) is 0 Å². The molecule has 0 spiro atoms. The number of nitrogens with one attached hydrogen (secondary N) is 2. The molecule has 7 heteroatoms. The quantitative estimate of drug-likeness (QED) is 0.594. The van der Waals surface area contributed by atoms with Gasteiger partial charge in [-0.2, -0.15) is 10.2 Å². The van der Waals surface area contributed by atoms with Crippen LogP contribution in [0, 0.1) is 5.92 Å². The van der Waals surface area contributed by atoms with Gasteiger partial charge in [0, 0.05) is 23.6 Å². The Balaban J connectivity index is 1.62. The second-order valence-corrected chi connectivity index (χ2v) is 6.64. The van der Waals surface area contributed by atoms with E-state index in [1.165, 1.54) is 12.8 Å². The molecule has 120 valence electrons. The lowest BCUT2D eigenvalue weighted by atomic mass is 10.1. The number of hydrogen-bond acceptors (Lipinski definition) is 4. The predicted molar refractivity (Wildman–Crippen MR) is 94.3 cm³/mol. The lowest BCUT2D eigenvalue weighted by Crippen LogP contribution is -2.06. The van der Waals surface area contributed by atoms with E-state index in [0.717, 1.165) is 46.0 Å². The highest BCUT2D eigenvalue weighted by molar-refractivity contribution is 6.29. The van der Waals surface area contributed by atoms with Crippen LogP contribution in [0.4, 0.5) is 5.69 Å². The van der Waals surface area contributed by atoms with E-state index < -0.39 is 0 Å². The van der Waals surface area contributed by atoms with Crippen molar-refractivity contribution in [1.29, 1.82) is 0 Å². The summed E-state index contributed by atoms with van der Waals surface area (Å²) in [4.78, 5) is 4.56. The number of anilines is 1. The van der Waals surface area contributed by atoms with Crippen molar-refractivity contribution in [1.82, 2.24) is 24.8 Å². The second kappa shape index (κ2) is 5.21. The molecule has 0 aliphatic heterocycles. The van der Waals surface area contributed by atoms with Crippen LogP contribution in [0.3, 0.4) is 0 Å². The van der Waals surface area contributed by atoms with Gasteiger partial charge in [0.05, 0.1) is 29.3 Å². The number of fused-ring (bicyclic) bond motifs is 2. The van der Waals surface area contributed by atoms with Crippen molar-refractivity contribution in [3.63, 3.8) is 0 Å². The van der Waals surface area contributed by atoms with E-state index in [1.807, 2.05) is 36.7 Å². The van der Waals surface area contributed by atoms with Crippen molar-refractivity contribution < 1.29 is 0 Å². The number of aromatic amines is 1. The Kier molecular flexibility index (Phi) is 2.99. The van der Waals surface area contributed by atoms with Crippen LogP contribution in [0.1, 0.15) is 12.8 Å². The van der Waals surface area contributed by atoms with Gasteiger partial charge in [-0.25, -0.2) is 9.50 Å². The molecule has 0 radical (unpaired) electrons. The fourth-order valence-electron chi connectivity index (χ4n) is 2.94. The first-order chi connectivity index (χ1) is 11.8. The second-order valence-electron chi connectivity index (χ2n) is 6.26. The van der Waals surface area contributed by atoms with Gasteiger partial charge in [0.15, 0.2) is 10.8 Å². The van der Waals surface area contributed by atoms with Crippen LogP contribution in [-0.4, -0.2) is 31.3 Å². The standard InChI is InChI=1S/C17H15ClN6/c18-16-6-14(19-7-10-1-2-10)17-20-9-15(24(17)23-16)11-3-4-12-8-21-22-13(12)5-11/h3-6,8-10,19H,1-2,7H2,(H,21,22). The zero-order valence-corrected chi connectivity index (χ0v) is 13.6. The Hall–Kier alpha value is -2.60. The average Bonchev–Trinajstić information content (AvgIpc) is 3.13. The van der Waals surface area contributed by atoms with E-state index in [9.17, 15) is 0 Å². The van der Waals surface area contributed by atoms with E-state index in [4.69, 9.17) is 11.6 Å². The molecule has 1 fully saturated rings. The third-order valence-corrected chi connectivity index (χ3v) is 4.64. The number of aromatic nitrogens is 5. The van der Waals surface area contributed by atoms with Crippen molar-refractivity contribution >= 4 is 33.8 Å². The molecular weight excluding hydrogens is 324 g/mol. The van der Waals surface area contributed by atoms with Crippen LogP contribution >= 0.6 is 11.6 Å². The zero-order valence-electron chi connectivity index (χ0n) is 12.8. The summed E-state index contributed by atoms with van der Waals surface area (Å²) in [6, 6.07) is 7.96. The maximum absolute atomic E-state index is 6.23. The van der Waals surface area contributed by atoms with Crippen LogP contribution in [0.15, 0.2) is 36.7 Å². The van der Waals surface area contributed by atoms with Crippen LogP contribution in [0.2, 0.25) is 5.15 Å². The lowest BCUT2D eigenvalue weighted by molar-refractivity contribution is 0.882. The molecule has 1 aliphatic carbocycles. The maximum Gasteiger partial charge on any atom is 0.177 e. The van der Waals surface area contributed by atoms with Gasteiger partial charge in [-0.3, -0.25) is 5.10 Å². The largest absolute Gasteiger partial charge is 0.382 e. The summed E-state index contributed by atoms with van der Waals surface area (Å²) in [5.74, 6) is 0.772. The van der Waals surface area contributed by atoms with Crippen LogP contribution in [0.25, 0.3) is 27.8 Å². The molecule has 24 heavy (non-hydrogen) atoms. The highest BCUT2D eigenvalue weighted by atomic mass is 35.5. The molecule has 3 heterocycles. The van der Waals surface area contributed by atoms with Gasteiger partial charge >= 0.3 is 0 Å². The Labute approximate surface area is 142 Å². The first kappa shape index (κ1) is 13.8. The summed E-state index contributed by atoms with van der Waals surface area (Å²) >= 11 is 6.23.